The molecule has 0 saturated carbocycles. The third-order valence-electron chi connectivity index (χ3n) is 3.82. The fourth-order valence-corrected chi connectivity index (χ4v) is 2.74. The summed E-state index contributed by atoms with van der Waals surface area (Å²) in [5.74, 6) is 1.39. The van der Waals surface area contributed by atoms with E-state index in [9.17, 15) is 0 Å². The first-order valence-corrected chi connectivity index (χ1v) is 7.24. The number of rotatable bonds is 1. The van der Waals surface area contributed by atoms with Crippen molar-refractivity contribution in [3.05, 3.63) is 60.7 Å². The number of nitrogen functional groups attached to an aromatic ring is 3. The Kier molecular flexibility index (Phi) is 2.81. The average molecular weight is 304 g/mol. The summed E-state index contributed by atoms with van der Waals surface area (Å²) in [4.78, 5) is 2.10. The fraction of sp³-hybridized carbons (Fsp3) is 0. The first-order valence-electron chi connectivity index (χ1n) is 7.24. The van der Waals surface area contributed by atoms with Gasteiger partial charge in [0.1, 0.15) is 0 Å². The van der Waals surface area contributed by atoms with Crippen LogP contribution in [-0.4, -0.2) is 0 Å². The molecule has 0 spiro atoms. The van der Waals surface area contributed by atoms with Crippen LogP contribution in [-0.2, 0) is 0 Å². The molecule has 0 unspecified atom stereocenters. The van der Waals surface area contributed by atoms with Gasteiger partial charge in [0.15, 0.2) is 11.5 Å². The molecule has 3 aromatic carbocycles. The van der Waals surface area contributed by atoms with Crippen LogP contribution in [0.1, 0.15) is 0 Å². The molecule has 0 amide bonds. The Hall–Kier alpha value is -3.34. The zero-order valence-corrected chi connectivity index (χ0v) is 12.4. The Balaban J connectivity index is 1.95. The lowest BCUT2D eigenvalue weighted by Gasteiger charge is -2.33. The minimum absolute atomic E-state index is 0.647. The normalized spacial score (nSPS) is 12.3. The number of ether oxygens (including phenoxy) is 1. The number of benzene rings is 3. The summed E-state index contributed by atoms with van der Waals surface area (Å²) in [6, 6.07) is 18.9. The van der Waals surface area contributed by atoms with Crippen molar-refractivity contribution >= 4 is 34.1 Å². The summed E-state index contributed by atoms with van der Waals surface area (Å²) in [5, 5.41) is 0. The standard InChI is InChI=1S/C18H16N4O/c19-11-1-5-14(6-2-11)22-15-7-3-12(20)9-17(15)23-18-10-13(21)4-8-16(18)22/h1-10H,19-21H2. The van der Waals surface area contributed by atoms with Gasteiger partial charge in [0.2, 0.25) is 0 Å². The lowest BCUT2D eigenvalue weighted by atomic mass is 10.1. The summed E-state index contributed by atoms with van der Waals surface area (Å²) < 4.78 is 5.99. The third-order valence-corrected chi connectivity index (χ3v) is 3.82. The maximum Gasteiger partial charge on any atom is 0.153 e. The largest absolute Gasteiger partial charge is 0.453 e. The first-order chi connectivity index (χ1) is 11.1. The van der Waals surface area contributed by atoms with Crippen LogP contribution in [0.25, 0.3) is 0 Å². The Morgan fingerprint density at radius 3 is 1.61 bits per heavy atom. The van der Waals surface area contributed by atoms with Crippen molar-refractivity contribution in [2.24, 2.45) is 0 Å². The molecular formula is C18H16N4O. The molecule has 6 N–H and O–H groups in total. The molecule has 114 valence electrons. The van der Waals surface area contributed by atoms with Gasteiger partial charge in [-0.05, 0) is 48.5 Å². The first kappa shape index (κ1) is 13.3. The van der Waals surface area contributed by atoms with Gasteiger partial charge < -0.3 is 26.8 Å². The van der Waals surface area contributed by atoms with Gasteiger partial charge in [-0.15, -0.1) is 0 Å². The molecule has 5 heteroatoms. The minimum Gasteiger partial charge on any atom is -0.453 e. The van der Waals surface area contributed by atoms with Crippen molar-refractivity contribution in [3.63, 3.8) is 0 Å². The van der Waals surface area contributed by atoms with Gasteiger partial charge in [0.25, 0.3) is 0 Å². The smallest absolute Gasteiger partial charge is 0.153 e. The molecule has 1 heterocycles. The van der Waals surface area contributed by atoms with E-state index in [1.54, 1.807) is 0 Å². The highest BCUT2D eigenvalue weighted by atomic mass is 16.5. The molecule has 3 aromatic rings. The predicted molar refractivity (Wildman–Crippen MR) is 94.4 cm³/mol. The number of nitrogens with two attached hydrogens (primary N) is 3. The van der Waals surface area contributed by atoms with Gasteiger partial charge in [-0.3, -0.25) is 0 Å². The van der Waals surface area contributed by atoms with E-state index in [1.807, 2.05) is 60.7 Å². The Bertz CT molecular complexity index is 839. The highest BCUT2D eigenvalue weighted by molar-refractivity contribution is 5.88. The molecule has 0 radical (unpaired) electrons. The van der Waals surface area contributed by atoms with Gasteiger partial charge in [0, 0.05) is 34.9 Å². The van der Waals surface area contributed by atoms with Gasteiger partial charge in [0.05, 0.1) is 11.4 Å². The van der Waals surface area contributed by atoms with Crippen molar-refractivity contribution in [2.75, 3.05) is 22.1 Å². The van der Waals surface area contributed by atoms with Gasteiger partial charge in [-0.1, -0.05) is 0 Å². The summed E-state index contributed by atoms with van der Waals surface area (Å²) in [6.45, 7) is 0. The zero-order chi connectivity index (χ0) is 16.0. The maximum absolute atomic E-state index is 5.99. The molecule has 5 nitrogen and oxygen atoms in total. The van der Waals surface area contributed by atoms with Gasteiger partial charge >= 0.3 is 0 Å². The monoisotopic (exact) mass is 304 g/mol. The SMILES string of the molecule is Nc1ccc(N2c3ccc(N)cc3Oc3cc(N)ccc32)cc1. The van der Waals surface area contributed by atoms with Crippen molar-refractivity contribution < 1.29 is 4.74 Å². The maximum atomic E-state index is 5.99. The number of nitrogens with zero attached hydrogens (tertiary/aromatic N) is 1. The quantitative estimate of drug-likeness (QED) is 0.462. The van der Waals surface area contributed by atoms with E-state index in [4.69, 9.17) is 21.9 Å². The number of hydrogen-bond donors (Lipinski definition) is 3. The highest BCUT2D eigenvalue weighted by Crippen LogP contribution is 2.51. The van der Waals surface area contributed by atoms with E-state index in [2.05, 4.69) is 4.90 Å². The summed E-state index contributed by atoms with van der Waals surface area (Å²) >= 11 is 0. The Morgan fingerprint density at radius 2 is 1.09 bits per heavy atom. The van der Waals surface area contributed by atoms with E-state index in [0.717, 1.165) is 22.7 Å². The molecular weight excluding hydrogens is 288 g/mol. The molecule has 0 saturated heterocycles. The Labute approximate surface area is 133 Å². The summed E-state index contributed by atoms with van der Waals surface area (Å²) in [6.07, 6.45) is 0. The number of hydrogen-bond acceptors (Lipinski definition) is 5. The fourth-order valence-electron chi connectivity index (χ4n) is 2.74. The van der Waals surface area contributed by atoms with Gasteiger partial charge in [-0.2, -0.15) is 0 Å². The Morgan fingerprint density at radius 1 is 0.609 bits per heavy atom. The van der Waals surface area contributed by atoms with E-state index in [1.165, 1.54) is 0 Å². The van der Waals surface area contributed by atoms with Crippen LogP contribution in [0.3, 0.4) is 0 Å². The predicted octanol–water partition coefficient (Wildman–Crippen LogP) is 4.01. The van der Waals surface area contributed by atoms with E-state index in [-0.39, 0.29) is 0 Å². The average Bonchev–Trinajstić information content (AvgIpc) is 2.53. The van der Waals surface area contributed by atoms with Crippen LogP contribution in [0, 0.1) is 0 Å². The second-order valence-electron chi connectivity index (χ2n) is 5.48. The molecule has 4 rings (SSSR count). The lowest BCUT2D eigenvalue weighted by Crippen LogP contribution is -2.16. The summed E-state index contributed by atoms with van der Waals surface area (Å²) in [5.41, 5.74) is 22.4. The van der Waals surface area contributed by atoms with E-state index in [0.29, 0.717) is 22.9 Å². The van der Waals surface area contributed by atoms with Crippen molar-refractivity contribution in [2.45, 2.75) is 0 Å². The molecule has 1 aliphatic rings. The zero-order valence-electron chi connectivity index (χ0n) is 12.4. The van der Waals surface area contributed by atoms with Crippen molar-refractivity contribution in [1.82, 2.24) is 0 Å². The minimum atomic E-state index is 0.647. The highest BCUT2D eigenvalue weighted by Gasteiger charge is 2.26. The van der Waals surface area contributed by atoms with E-state index >= 15 is 0 Å². The van der Waals surface area contributed by atoms with Crippen LogP contribution in [0.4, 0.5) is 34.1 Å². The molecule has 0 bridgehead atoms. The van der Waals surface area contributed by atoms with Crippen LogP contribution in [0.5, 0.6) is 11.5 Å². The van der Waals surface area contributed by atoms with Crippen LogP contribution in [0.2, 0.25) is 0 Å². The van der Waals surface area contributed by atoms with Crippen LogP contribution < -0.4 is 26.8 Å². The van der Waals surface area contributed by atoms with Crippen LogP contribution in [0.15, 0.2) is 60.7 Å². The molecule has 0 aliphatic carbocycles. The van der Waals surface area contributed by atoms with E-state index < -0.39 is 0 Å². The lowest BCUT2D eigenvalue weighted by molar-refractivity contribution is 0.477. The molecule has 23 heavy (non-hydrogen) atoms. The molecule has 0 atom stereocenters. The number of anilines is 6. The van der Waals surface area contributed by atoms with Crippen LogP contribution >= 0.6 is 0 Å². The second-order valence-corrected chi connectivity index (χ2v) is 5.48. The molecule has 0 fully saturated rings. The number of fused-ring (bicyclic) bond motifs is 2. The third kappa shape index (κ3) is 2.19. The van der Waals surface area contributed by atoms with Crippen molar-refractivity contribution in [1.29, 1.82) is 0 Å². The van der Waals surface area contributed by atoms with Crippen molar-refractivity contribution in [3.8, 4) is 11.5 Å². The topological polar surface area (TPSA) is 90.5 Å². The van der Waals surface area contributed by atoms with Gasteiger partial charge in [-0.25, -0.2) is 0 Å². The molecule has 0 aromatic heterocycles. The second kappa shape index (κ2) is 4.84. The summed E-state index contributed by atoms with van der Waals surface area (Å²) in [7, 11) is 0. The molecule has 1 aliphatic heterocycles.